The van der Waals surface area contributed by atoms with Crippen LogP contribution >= 0.6 is 0 Å². The van der Waals surface area contributed by atoms with Crippen molar-refractivity contribution in [3.05, 3.63) is 17.7 Å². The number of rotatable bonds is 2. The predicted molar refractivity (Wildman–Crippen MR) is 104 cm³/mol. The molecule has 5 rings (SSSR count). The van der Waals surface area contributed by atoms with Crippen molar-refractivity contribution in [1.29, 1.82) is 0 Å². The number of fused-ring (bicyclic) bond motifs is 2. The van der Waals surface area contributed by atoms with E-state index in [1.165, 1.54) is 4.90 Å². The minimum Gasteiger partial charge on any atom is -0.351 e. The first-order valence-electron chi connectivity index (χ1n) is 10.7. The van der Waals surface area contributed by atoms with Gasteiger partial charge in [-0.25, -0.2) is 9.78 Å². The van der Waals surface area contributed by atoms with Gasteiger partial charge in [0.15, 0.2) is 0 Å². The molecule has 9 heteroatoms. The number of imidazole rings is 1. The van der Waals surface area contributed by atoms with Gasteiger partial charge in [0, 0.05) is 44.2 Å². The van der Waals surface area contributed by atoms with Gasteiger partial charge in [0.25, 0.3) is 0 Å². The lowest BCUT2D eigenvalue weighted by Crippen LogP contribution is -2.60. The maximum atomic E-state index is 13.1. The summed E-state index contributed by atoms with van der Waals surface area (Å²) in [4.78, 5) is 51.0. The molecule has 1 atom stereocenters. The number of H-pyrrole nitrogens is 1. The Hall–Kier alpha value is -2.58. The van der Waals surface area contributed by atoms with Gasteiger partial charge in [-0.2, -0.15) is 0 Å². The van der Waals surface area contributed by atoms with Crippen LogP contribution in [-0.2, 0) is 21.5 Å². The summed E-state index contributed by atoms with van der Waals surface area (Å²) in [5.41, 5.74) is 7.11. The van der Waals surface area contributed by atoms with Crippen LogP contribution in [-0.4, -0.2) is 74.7 Å². The number of primary amides is 1. The Balaban J connectivity index is 1.36. The highest BCUT2D eigenvalue weighted by atomic mass is 16.2. The van der Waals surface area contributed by atoms with Crippen molar-refractivity contribution in [3.8, 4) is 0 Å². The van der Waals surface area contributed by atoms with Gasteiger partial charge in [-0.3, -0.25) is 9.59 Å². The number of piperidine rings is 1. The third kappa shape index (κ3) is 2.89. The minimum absolute atomic E-state index is 0.0192. The van der Waals surface area contributed by atoms with Crippen molar-refractivity contribution in [2.45, 2.75) is 56.5 Å². The Labute approximate surface area is 169 Å². The minimum atomic E-state index is -0.524. The summed E-state index contributed by atoms with van der Waals surface area (Å²) in [7, 11) is 0. The SMILES string of the molecule is NC(=O)N1CCC[C@H]1C(=O)N1CCC2(CC1)c1nc[nH]c1CCN2C(=O)C1CC1. The number of hydrogen-bond acceptors (Lipinski definition) is 4. The molecule has 4 aliphatic rings. The summed E-state index contributed by atoms with van der Waals surface area (Å²) in [5.74, 6) is 0.387. The van der Waals surface area contributed by atoms with Crippen LogP contribution in [0.1, 0.15) is 49.9 Å². The highest BCUT2D eigenvalue weighted by Gasteiger charge is 2.52. The summed E-state index contributed by atoms with van der Waals surface area (Å²) < 4.78 is 0. The number of aromatic amines is 1. The van der Waals surface area contributed by atoms with E-state index >= 15 is 0 Å². The Kier molecular flexibility index (Phi) is 4.29. The molecule has 0 bridgehead atoms. The molecular weight excluding hydrogens is 372 g/mol. The van der Waals surface area contributed by atoms with E-state index in [0.29, 0.717) is 45.4 Å². The lowest BCUT2D eigenvalue weighted by Gasteiger charge is -2.51. The molecule has 3 fully saturated rings. The summed E-state index contributed by atoms with van der Waals surface area (Å²) in [5, 5.41) is 0. The lowest BCUT2D eigenvalue weighted by molar-refractivity contribution is -0.146. The van der Waals surface area contributed by atoms with Crippen molar-refractivity contribution in [2.24, 2.45) is 11.7 Å². The van der Waals surface area contributed by atoms with Gasteiger partial charge >= 0.3 is 6.03 Å². The molecule has 0 aromatic carbocycles. The Bertz CT molecular complexity index is 839. The second kappa shape index (κ2) is 6.74. The van der Waals surface area contributed by atoms with E-state index in [-0.39, 0.29) is 17.7 Å². The van der Waals surface area contributed by atoms with Crippen LogP contribution in [0.5, 0.6) is 0 Å². The zero-order valence-corrected chi connectivity index (χ0v) is 16.6. The van der Waals surface area contributed by atoms with E-state index < -0.39 is 17.6 Å². The maximum Gasteiger partial charge on any atom is 0.315 e. The standard InChI is InChI=1S/C20H28N6O3/c21-19(29)25-8-1-2-15(25)18(28)24-10-6-20(7-11-24)16-14(22-12-23-16)5-9-26(20)17(27)13-3-4-13/h12-13,15H,1-11H2,(H2,21,29)(H,22,23)/t15-/m0/s1. The molecule has 9 nitrogen and oxygen atoms in total. The van der Waals surface area contributed by atoms with Crippen LogP contribution in [0, 0.1) is 5.92 Å². The van der Waals surface area contributed by atoms with E-state index in [1.807, 2.05) is 4.90 Å². The van der Waals surface area contributed by atoms with E-state index in [0.717, 1.165) is 37.1 Å². The third-order valence-corrected chi connectivity index (χ3v) is 7.18. The van der Waals surface area contributed by atoms with Crippen LogP contribution in [0.4, 0.5) is 4.79 Å². The molecule has 4 heterocycles. The number of carbonyl (C=O) groups is 3. The molecule has 1 aromatic heterocycles. The predicted octanol–water partition coefficient (Wildman–Crippen LogP) is 0.565. The van der Waals surface area contributed by atoms with Crippen molar-refractivity contribution in [3.63, 3.8) is 0 Å². The number of likely N-dealkylation sites (tertiary alicyclic amines) is 2. The number of nitrogens with zero attached hydrogens (tertiary/aromatic N) is 4. The number of hydrogen-bond donors (Lipinski definition) is 2. The van der Waals surface area contributed by atoms with Gasteiger partial charge in [-0.15, -0.1) is 0 Å². The topological polar surface area (TPSA) is 116 Å². The fourth-order valence-corrected chi connectivity index (χ4v) is 5.45. The molecule has 1 aliphatic carbocycles. The Morgan fingerprint density at radius 1 is 1.07 bits per heavy atom. The smallest absolute Gasteiger partial charge is 0.315 e. The van der Waals surface area contributed by atoms with E-state index in [9.17, 15) is 14.4 Å². The first-order chi connectivity index (χ1) is 14.0. The molecule has 0 unspecified atom stereocenters. The zero-order valence-electron chi connectivity index (χ0n) is 16.6. The molecular formula is C20H28N6O3. The number of carbonyl (C=O) groups excluding carboxylic acids is 3. The average Bonchev–Trinajstić information content (AvgIpc) is 3.25. The van der Waals surface area contributed by atoms with Crippen molar-refractivity contribution in [2.75, 3.05) is 26.2 Å². The monoisotopic (exact) mass is 400 g/mol. The highest BCUT2D eigenvalue weighted by Crippen LogP contribution is 2.45. The van der Waals surface area contributed by atoms with Gasteiger partial charge in [0.1, 0.15) is 6.04 Å². The van der Waals surface area contributed by atoms with Gasteiger partial charge in [0.05, 0.1) is 17.6 Å². The lowest BCUT2D eigenvalue weighted by atomic mass is 9.78. The van der Waals surface area contributed by atoms with Crippen LogP contribution < -0.4 is 5.73 Å². The highest BCUT2D eigenvalue weighted by molar-refractivity contribution is 5.87. The third-order valence-electron chi connectivity index (χ3n) is 7.18. The largest absolute Gasteiger partial charge is 0.351 e. The molecule has 4 amide bonds. The van der Waals surface area contributed by atoms with Gasteiger partial charge in [-0.05, 0) is 38.5 Å². The average molecular weight is 400 g/mol. The molecule has 3 N–H and O–H groups in total. The number of aromatic nitrogens is 2. The van der Waals surface area contributed by atoms with Gasteiger partial charge in [-0.1, -0.05) is 0 Å². The summed E-state index contributed by atoms with van der Waals surface area (Å²) >= 11 is 0. The van der Waals surface area contributed by atoms with E-state index in [1.54, 1.807) is 6.33 Å². The van der Waals surface area contributed by atoms with E-state index in [4.69, 9.17) is 5.73 Å². The fraction of sp³-hybridized carbons (Fsp3) is 0.700. The molecule has 156 valence electrons. The van der Waals surface area contributed by atoms with Crippen LogP contribution in [0.25, 0.3) is 0 Å². The number of amides is 4. The maximum absolute atomic E-state index is 13.1. The summed E-state index contributed by atoms with van der Waals surface area (Å²) in [6.45, 7) is 2.37. The molecule has 2 saturated heterocycles. The van der Waals surface area contributed by atoms with Crippen molar-refractivity contribution in [1.82, 2.24) is 24.7 Å². The molecule has 0 radical (unpaired) electrons. The second-order valence-corrected chi connectivity index (χ2v) is 8.79. The fourth-order valence-electron chi connectivity index (χ4n) is 5.45. The first kappa shape index (κ1) is 18.4. The van der Waals surface area contributed by atoms with Crippen molar-refractivity contribution < 1.29 is 14.4 Å². The molecule has 29 heavy (non-hydrogen) atoms. The van der Waals surface area contributed by atoms with Crippen LogP contribution in [0.15, 0.2) is 6.33 Å². The van der Waals surface area contributed by atoms with E-state index in [2.05, 4.69) is 14.9 Å². The zero-order chi connectivity index (χ0) is 20.2. The number of nitrogens with two attached hydrogens (primary N) is 1. The molecule has 3 aliphatic heterocycles. The number of nitrogens with one attached hydrogen (secondary N) is 1. The normalized spacial score (nSPS) is 25.9. The van der Waals surface area contributed by atoms with Gasteiger partial charge < -0.3 is 25.4 Å². The van der Waals surface area contributed by atoms with Gasteiger partial charge in [0.2, 0.25) is 11.8 Å². The summed E-state index contributed by atoms with van der Waals surface area (Å²) in [6, 6.07) is -0.970. The molecule has 1 aromatic rings. The molecule has 1 spiro atoms. The number of urea groups is 1. The Morgan fingerprint density at radius 3 is 2.52 bits per heavy atom. The first-order valence-corrected chi connectivity index (χ1v) is 10.7. The molecule has 1 saturated carbocycles. The van der Waals surface area contributed by atoms with Crippen molar-refractivity contribution >= 4 is 17.8 Å². The quantitative estimate of drug-likeness (QED) is 0.755. The van der Waals surface area contributed by atoms with Crippen LogP contribution in [0.3, 0.4) is 0 Å². The second-order valence-electron chi connectivity index (χ2n) is 8.79. The van der Waals surface area contributed by atoms with Crippen LogP contribution in [0.2, 0.25) is 0 Å². The summed E-state index contributed by atoms with van der Waals surface area (Å²) in [6.07, 6.45) is 7.31. The Morgan fingerprint density at radius 2 is 1.83 bits per heavy atom.